The van der Waals surface area contributed by atoms with E-state index in [2.05, 4.69) is 42.4 Å². The first-order chi connectivity index (χ1) is 13.6. The average Bonchev–Trinajstić information content (AvgIpc) is 2.72. The number of nitrogens with zero attached hydrogens (tertiary/aromatic N) is 2. The monoisotopic (exact) mass is 380 g/mol. The van der Waals surface area contributed by atoms with Crippen LogP contribution in [-0.4, -0.2) is 31.6 Å². The van der Waals surface area contributed by atoms with Crippen LogP contribution in [-0.2, 0) is 17.6 Å². The normalized spacial score (nSPS) is 13.9. The number of carbonyl (C=O) groups excluding carboxylic acids is 1. The van der Waals surface area contributed by atoms with Crippen molar-refractivity contribution in [1.82, 2.24) is 0 Å². The predicted molar refractivity (Wildman–Crippen MR) is 114 cm³/mol. The maximum atomic E-state index is 12.2. The molecule has 3 N–H and O–H groups in total. The summed E-state index contributed by atoms with van der Waals surface area (Å²) in [7, 11) is 0. The van der Waals surface area contributed by atoms with Crippen molar-refractivity contribution in [1.29, 1.82) is 0 Å². The first-order valence-electron chi connectivity index (χ1n) is 9.84. The van der Waals surface area contributed by atoms with Gasteiger partial charge in [-0.25, -0.2) is 0 Å². The highest BCUT2D eigenvalue weighted by molar-refractivity contribution is 5.97. The summed E-state index contributed by atoms with van der Waals surface area (Å²) in [5, 5.41) is 3.27. The molecule has 0 spiro atoms. The van der Waals surface area contributed by atoms with Gasteiger partial charge in [-0.15, -0.1) is 0 Å². The third kappa shape index (κ3) is 4.44. The van der Waals surface area contributed by atoms with Gasteiger partial charge in [0.05, 0.1) is 5.69 Å². The van der Waals surface area contributed by atoms with E-state index in [1.165, 1.54) is 11.1 Å². The number of hydrogen-bond acceptors (Lipinski definition) is 3. The third-order valence-corrected chi connectivity index (χ3v) is 4.88. The first kappa shape index (κ1) is 19.7. The number of guanidine groups is 1. The number of anilines is 2. The molecule has 1 amide bonds. The highest BCUT2D eigenvalue weighted by atomic mass is 16.5. The molecule has 0 aromatic heterocycles. The van der Waals surface area contributed by atoms with Gasteiger partial charge in [0.15, 0.2) is 12.6 Å². The number of benzene rings is 2. The quantitative estimate of drug-likeness (QED) is 0.439. The molecular formula is C22H28N4O2. The number of carbonyl (C=O) groups is 1. The topological polar surface area (TPSA) is 80.0 Å². The number of nitrogens with one attached hydrogen (secondary N) is 1. The summed E-state index contributed by atoms with van der Waals surface area (Å²) in [6.07, 6.45) is 2.59. The Bertz CT molecular complexity index is 841. The maximum Gasteiger partial charge on any atom is 0.265 e. The van der Waals surface area contributed by atoms with Crippen molar-refractivity contribution in [3.63, 3.8) is 0 Å². The van der Waals surface area contributed by atoms with Crippen molar-refractivity contribution in [3.05, 3.63) is 53.6 Å². The van der Waals surface area contributed by atoms with Gasteiger partial charge in [0, 0.05) is 18.8 Å². The van der Waals surface area contributed by atoms with Crippen LogP contribution in [0, 0.1) is 0 Å². The molecule has 6 heteroatoms. The molecule has 148 valence electrons. The lowest BCUT2D eigenvalue weighted by atomic mass is 10.0. The predicted octanol–water partition coefficient (Wildman–Crippen LogP) is 3.35. The fraction of sp³-hybridized carbons (Fsp3) is 0.364. The summed E-state index contributed by atoms with van der Waals surface area (Å²) in [6.45, 7) is 5.47. The van der Waals surface area contributed by atoms with Crippen molar-refractivity contribution < 1.29 is 9.53 Å². The van der Waals surface area contributed by atoms with Gasteiger partial charge < -0.3 is 20.7 Å². The number of aliphatic imine (C=N–C) groups is 1. The summed E-state index contributed by atoms with van der Waals surface area (Å²) < 4.78 is 5.47. The molecule has 0 unspecified atom stereocenters. The van der Waals surface area contributed by atoms with E-state index in [-0.39, 0.29) is 12.5 Å². The van der Waals surface area contributed by atoms with Crippen molar-refractivity contribution in [2.45, 2.75) is 33.1 Å². The highest BCUT2D eigenvalue weighted by Crippen LogP contribution is 2.31. The van der Waals surface area contributed by atoms with Crippen LogP contribution in [0.2, 0.25) is 0 Å². The number of amides is 1. The Morgan fingerprint density at radius 2 is 1.86 bits per heavy atom. The molecule has 1 aliphatic heterocycles. The molecule has 0 saturated carbocycles. The van der Waals surface area contributed by atoms with Crippen LogP contribution >= 0.6 is 0 Å². The average molecular weight is 380 g/mol. The molecule has 3 rings (SSSR count). The number of nitrogens with two attached hydrogens (primary N) is 1. The number of hydrogen-bond donors (Lipinski definition) is 2. The number of ether oxygens (including phenoxy) is 1. The number of aryl methyl sites for hydroxylation is 2. The van der Waals surface area contributed by atoms with Crippen LogP contribution in [0.25, 0.3) is 0 Å². The molecule has 0 atom stereocenters. The Balaban J connectivity index is 1.59. The molecule has 2 aromatic carbocycles. The lowest BCUT2D eigenvalue weighted by Crippen LogP contribution is -2.39. The Labute approximate surface area is 166 Å². The van der Waals surface area contributed by atoms with E-state index in [1.807, 2.05) is 24.3 Å². The van der Waals surface area contributed by atoms with Crippen molar-refractivity contribution in [2.24, 2.45) is 10.7 Å². The summed E-state index contributed by atoms with van der Waals surface area (Å²) in [5.41, 5.74) is 10.5. The smallest absolute Gasteiger partial charge is 0.265 e. The zero-order valence-electron chi connectivity index (χ0n) is 16.6. The van der Waals surface area contributed by atoms with E-state index in [0.717, 1.165) is 36.4 Å². The van der Waals surface area contributed by atoms with Gasteiger partial charge in [-0.1, -0.05) is 44.2 Å². The van der Waals surface area contributed by atoms with Gasteiger partial charge in [-0.05, 0) is 42.5 Å². The van der Waals surface area contributed by atoms with E-state index in [9.17, 15) is 4.79 Å². The van der Waals surface area contributed by atoms with Crippen molar-refractivity contribution in [3.8, 4) is 5.75 Å². The number of para-hydroxylation sites is 3. The Morgan fingerprint density at radius 1 is 1.14 bits per heavy atom. The van der Waals surface area contributed by atoms with E-state index >= 15 is 0 Å². The minimum atomic E-state index is -0.0294. The van der Waals surface area contributed by atoms with Crippen LogP contribution in [0.5, 0.6) is 5.75 Å². The first-order valence-corrected chi connectivity index (χ1v) is 9.84. The van der Waals surface area contributed by atoms with Crippen LogP contribution < -0.4 is 20.7 Å². The molecule has 1 aliphatic rings. The summed E-state index contributed by atoms with van der Waals surface area (Å²) >= 11 is 0. The van der Waals surface area contributed by atoms with E-state index in [4.69, 9.17) is 10.5 Å². The van der Waals surface area contributed by atoms with Gasteiger partial charge in [0.2, 0.25) is 0 Å². The van der Waals surface area contributed by atoms with Gasteiger partial charge >= 0.3 is 0 Å². The Kier molecular flexibility index (Phi) is 6.53. The summed E-state index contributed by atoms with van der Waals surface area (Å²) in [6, 6.07) is 13.9. The van der Waals surface area contributed by atoms with Crippen LogP contribution in [0.1, 0.15) is 31.4 Å². The standard InChI is InChI=1S/C22H28N4O2/c1-3-16-9-7-10-17(4-2)21(16)25-22(23)24-13-8-14-26-18-11-5-6-12-19(18)28-15-20(26)27/h5-7,9-12H,3-4,8,13-15H2,1-2H3,(H3,23,24,25). The van der Waals surface area contributed by atoms with Gasteiger partial charge in [-0.2, -0.15) is 0 Å². The second-order valence-corrected chi connectivity index (χ2v) is 6.71. The lowest BCUT2D eigenvalue weighted by molar-refractivity contribution is -0.121. The van der Waals surface area contributed by atoms with Crippen molar-refractivity contribution >= 4 is 23.2 Å². The maximum absolute atomic E-state index is 12.2. The molecule has 0 radical (unpaired) electrons. The number of fused-ring (bicyclic) bond motifs is 1. The highest BCUT2D eigenvalue weighted by Gasteiger charge is 2.24. The summed E-state index contributed by atoms with van der Waals surface area (Å²) in [4.78, 5) is 18.4. The van der Waals surface area contributed by atoms with Crippen molar-refractivity contribution in [2.75, 3.05) is 29.9 Å². The fourth-order valence-corrected chi connectivity index (χ4v) is 3.40. The largest absolute Gasteiger partial charge is 0.482 e. The fourth-order valence-electron chi connectivity index (χ4n) is 3.40. The van der Waals surface area contributed by atoms with Crippen LogP contribution in [0.4, 0.5) is 11.4 Å². The van der Waals surface area contributed by atoms with Gasteiger partial charge in [0.25, 0.3) is 5.91 Å². The molecule has 6 nitrogen and oxygen atoms in total. The minimum Gasteiger partial charge on any atom is -0.482 e. The van der Waals surface area contributed by atoms with E-state index in [0.29, 0.717) is 19.0 Å². The zero-order chi connectivity index (χ0) is 19.9. The van der Waals surface area contributed by atoms with Crippen LogP contribution in [0.3, 0.4) is 0 Å². The van der Waals surface area contributed by atoms with E-state index in [1.54, 1.807) is 4.90 Å². The molecule has 0 bridgehead atoms. The molecule has 2 aromatic rings. The molecular weight excluding hydrogens is 352 g/mol. The number of rotatable bonds is 7. The molecule has 0 aliphatic carbocycles. The van der Waals surface area contributed by atoms with Crippen LogP contribution in [0.15, 0.2) is 47.5 Å². The SMILES string of the molecule is CCc1cccc(CC)c1NC(N)=NCCCN1C(=O)COc2ccccc21. The second kappa shape index (κ2) is 9.26. The molecule has 0 fully saturated rings. The zero-order valence-corrected chi connectivity index (χ0v) is 16.6. The molecule has 28 heavy (non-hydrogen) atoms. The second-order valence-electron chi connectivity index (χ2n) is 6.71. The minimum absolute atomic E-state index is 0.0294. The van der Waals surface area contributed by atoms with Gasteiger partial charge in [0.1, 0.15) is 5.75 Å². The van der Waals surface area contributed by atoms with Gasteiger partial charge in [-0.3, -0.25) is 9.79 Å². The third-order valence-electron chi connectivity index (χ3n) is 4.88. The molecule has 1 heterocycles. The summed E-state index contributed by atoms with van der Waals surface area (Å²) in [5.74, 6) is 1.12. The Hall–Kier alpha value is -3.02. The van der Waals surface area contributed by atoms with E-state index < -0.39 is 0 Å². The Morgan fingerprint density at radius 3 is 2.57 bits per heavy atom. The molecule has 0 saturated heterocycles. The lowest BCUT2D eigenvalue weighted by Gasteiger charge is -2.29.